The maximum absolute atomic E-state index is 9.76. The fourth-order valence-corrected chi connectivity index (χ4v) is 4.49. The Hall–Kier alpha value is -1.26. The number of hydrogen-bond donors (Lipinski definition) is 3. The summed E-state index contributed by atoms with van der Waals surface area (Å²) in [6.07, 6.45) is 5.39. The Morgan fingerprint density at radius 1 is 1.13 bits per heavy atom. The average molecular weight is 531 g/mol. The van der Waals surface area contributed by atoms with Crippen molar-refractivity contribution in [3.63, 3.8) is 0 Å². The van der Waals surface area contributed by atoms with Gasteiger partial charge in [-0.3, -0.25) is 4.99 Å². The number of ether oxygens (including phenoxy) is 3. The van der Waals surface area contributed by atoms with E-state index in [0.29, 0.717) is 12.6 Å². The van der Waals surface area contributed by atoms with Crippen molar-refractivity contribution >= 4 is 29.9 Å². The van der Waals surface area contributed by atoms with Crippen LogP contribution in [0.1, 0.15) is 51.0 Å². The van der Waals surface area contributed by atoms with Gasteiger partial charge >= 0.3 is 0 Å². The molecule has 1 saturated heterocycles. The van der Waals surface area contributed by atoms with Gasteiger partial charge in [0.15, 0.2) is 17.5 Å². The summed E-state index contributed by atoms with van der Waals surface area (Å²) < 4.78 is 16.8. The second-order valence-corrected chi connectivity index (χ2v) is 8.31. The predicted octanol–water partition coefficient (Wildman–Crippen LogP) is 2.94. The number of aliphatic hydroxyl groups is 1. The van der Waals surface area contributed by atoms with Crippen LogP contribution in [0.2, 0.25) is 0 Å². The number of guanidine groups is 1. The number of hydrogen-bond acceptors (Lipinski definition) is 5. The molecular weight excluding hydrogens is 497 g/mol. The van der Waals surface area contributed by atoms with E-state index in [1.54, 1.807) is 0 Å². The van der Waals surface area contributed by atoms with Crippen molar-refractivity contribution in [2.24, 2.45) is 4.99 Å². The fraction of sp³-hybridized carbons (Fsp3) is 0.682. The number of aliphatic hydroxyl groups excluding tert-OH is 1. The largest absolute Gasteiger partial charge is 0.454 e. The second-order valence-electron chi connectivity index (χ2n) is 8.31. The van der Waals surface area contributed by atoms with Gasteiger partial charge in [-0.1, -0.05) is 6.07 Å². The summed E-state index contributed by atoms with van der Waals surface area (Å²) in [7, 11) is 0. The van der Waals surface area contributed by atoms with E-state index < -0.39 is 0 Å². The summed E-state index contributed by atoms with van der Waals surface area (Å²) in [4.78, 5) is 5.00. The molecule has 0 amide bonds. The minimum Gasteiger partial charge on any atom is -0.454 e. The van der Waals surface area contributed by atoms with Crippen molar-refractivity contribution < 1.29 is 19.3 Å². The monoisotopic (exact) mass is 531 g/mol. The maximum atomic E-state index is 9.76. The molecule has 168 valence electrons. The molecule has 8 heteroatoms. The van der Waals surface area contributed by atoms with E-state index in [9.17, 15) is 5.11 Å². The highest BCUT2D eigenvalue weighted by atomic mass is 127. The standard InChI is InChI=1S/C22H33N3O4.HI/c1-2-23-21(25-17-4-6-18(26)7-5-17)24-14-22(9-11-27-12-10-22)16-3-8-19-20(13-16)29-15-28-19;/h3,8,13,17-18,26H,2,4-7,9-12,14-15H2,1H3,(H2,23,24,25);1H. The SMILES string of the molecule is CCNC(=NCC1(c2ccc3c(c2)OCO3)CCOCC1)NC1CCC(O)CC1.I. The number of fused-ring (bicyclic) bond motifs is 1. The summed E-state index contributed by atoms with van der Waals surface area (Å²) in [5.41, 5.74) is 1.18. The molecule has 3 aliphatic rings. The smallest absolute Gasteiger partial charge is 0.231 e. The Balaban J connectivity index is 0.00000256. The van der Waals surface area contributed by atoms with Crippen LogP contribution >= 0.6 is 24.0 Å². The van der Waals surface area contributed by atoms with Crippen LogP contribution in [0.4, 0.5) is 0 Å². The van der Waals surface area contributed by atoms with E-state index in [0.717, 1.165) is 75.7 Å². The zero-order valence-corrected chi connectivity index (χ0v) is 20.0. The van der Waals surface area contributed by atoms with Gasteiger partial charge in [0.1, 0.15) is 0 Å². The number of nitrogens with zero attached hydrogens (tertiary/aromatic N) is 1. The molecule has 2 aliphatic heterocycles. The molecule has 2 heterocycles. The average Bonchev–Trinajstić information content (AvgIpc) is 3.22. The number of nitrogens with one attached hydrogen (secondary N) is 2. The van der Waals surface area contributed by atoms with Gasteiger partial charge in [-0.15, -0.1) is 24.0 Å². The zero-order chi connectivity index (χ0) is 20.1. The molecule has 2 fully saturated rings. The van der Waals surface area contributed by atoms with Crippen LogP contribution in [-0.2, 0) is 10.2 Å². The zero-order valence-electron chi connectivity index (χ0n) is 17.7. The maximum Gasteiger partial charge on any atom is 0.231 e. The molecule has 3 N–H and O–H groups in total. The second kappa shape index (κ2) is 10.9. The van der Waals surface area contributed by atoms with Crippen molar-refractivity contribution in [2.75, 3.05) is 33.1 Å². The lowest BCUT2D eigenvalue weighted by molar-refractivity contribution is 0.0530. The van der Waals surface area contributed by atoms with E-state index in [1.165, 1.54) is 5.56 Å². The molecule has 30 heavy (non-hydrogen) atoms. The Morgan fingerprint density at radius 3 is 2.60 bits per heavy atom. The first-order valence-corrected chi connectivity index (χ1v) is 10.9. The summed E-state index contributed by atoms with van der Waals surface area (Å²) in [6.45, 7) is 5.38. The molecular formula is C22H34IN3O4. The summed E-state index contributed by atoms with van der Waals surface area (Å²) in [6, 6.07) is 6.64. The first-order chi connectivity index (χ1) is 14.2. The van der Waals surface area contributed by atoms with Crippen molar-refractivity contribution in [3.05, 3.63) is 23.8 Å². The number of aliphatic imine (C=N–C) groups is 1. The first-order valence-electron chi connectivity index (χ1n) is 10.9. The van der Waals surface area contributed by atoms with Gasteiger partial charge in [0.2, 0.25) is 6.79 Å². The molecule has 1 aromatic carbocycles. The highest BCUT2D eigenvalue weighted by Crippen LogP contribution is 2.41. The summed E-state index contributed by atoms with van der Waals surface area (Å²) in [5.74, 6) is 2.50. The highest BCUT2D eigenvalue weighted by Gasteiger charge is 2.36. The Labute approximate surface area is 196 Å². The Kier molecular flexibility index (Phi) is 8.47. The number of benzene rings is 1. The van der Waals surface area contributed by atoms with Gasteiger partial charge in [-0.2, -0.15) is 0 Å². The van der Waals surface area contributed by atoms with Crippen LogP contribution < -0.4 is 20.1 Å². The lowest BCUT2D eigenvalue weighted by Crippen LogP contribution is -2.46. The van der Waals surface area contributed by atoms with Crippen LogP contribution in [0.5, 0.6) is 11.5 Å². The third kappa shape index (κ3) is 5.50. The highest BCUT2D eigenvalue weighted by molar-refractivity contribution is 14.0. The third-order valence-corrected chi connectivity index (χ3v) is 6.36. The molecule has 0 radical (unpaired) electrons. The quantitative estimate of drug-likeness (QED) is 0.308. The summed E-state index contributed by atoms with van der Waals surface area (Å²) >= 11 is 0. The molecule has 1 saturated carbocycles. The van der Waals surface area contributed by atoms with Crippen LogP contribution in [-0.4, -0.2) is 56.3 Å². The molecule has 0 atom stereocenters. The Bertz CT molecular complexity index is 716. The molecule has 0 unspecified atom stereocenters. The lowest BCUT2D eigenvalue weighted by Gasteiger charge is -2.37. The van der Waals surface area contributed by atoms with Gasteiger partial charge in [0, 0.05) is 31.2 Å². The molecule has 1 aromatic rings. The fourth-order valence-electron chi connectivity index (χ4n) is 4.49. The van der Waals surface area contributed by atoms with E-state index in [1.807, 2.05) is 6.07 Å². The van der Waals surface area contributed by atoms with Crippen molar-refractivity contribution in [1.29, 1.82) is 0 Å². The van der Waals surface area contributed by atoms with E-state index in [-0.39, 0.29) is 42.3 Å². The van der Waals surface area contributed by atoms with Gasteiger partial charge in [-0.25, -0.2) is 0 Å². The van der Waals surface area contributed by atoms with E-state index >= 15 is 0 Å². The molecule has 0 spiro atoms. The molecule has 7 nitrogen and oxygen atoms in total. The van der Waals surface area contributed by atoms with Crippen molar-refractivity contribution in [3.8, 4) is 11.5 Å². The van der Waals surface area contributed by atoms with Crippen LogP contribution in [0.25, 0.3) is 0 Å². The molecule has 0 bridgehead atoms. The third-order valence-electron chi connectivity index (χ3n) is 6.36. The molecule has 0 aromatic heterocycles. The number of rotatable bonds is 5. The summed E-state index contributed by atoms with van der Waals surface area (Å²) in [5, 5.41) is 16.7. The van der Waals surface area contributed by atoms with Crippen LogP contribution in [0.3, 0.4) is 0 Å². The normalized spacial score (nSPS) is 25.3. The minimum absolute atomic E-state index is 0. The van der Waals surface area contributed by atoms with Gasteiger partial charge in [0.25, 0.3) is 0 Å². The first kappa shape index (κ1) is 23.4. The minimum atomic E-state index is -0.149. The van der Waals surface area contributed by atoms with Gasteiger partial charge < -0.3 is 30.0 Å². The topological polar surface area (TPSA) is 84.3 Å². The van der Waals surface area contributed by atoms with Crippen LogP contribution in [0, 0.1) is 0 Å². The van der Waals surface area contributed by atoms with Gasteiger partial charge in [-0.05, 0) is 63.1 Å². The van der Waals surface area contributed by atoms with Crippen LogP contribution in [0.15, 0.2) is 23.2 Å². The van der Waals surface area contributed by atoms with Crippen molar-refractivity contribution in [2.45, 2.75) is 63.0 Å². The molecule has 4 rings (SSSR count). The molecule has 1 aliphatic carbocycles. The van der Waals surface area contributed by atoms with E-state index in [2.05, 4.69) is 29.7 Å². The van der Waals surface area contributed by atoms with Crippen molar-refractivity contribution in [1.82, 2.24) is 10.6 Å². The Morgan fingerprint density at radius 2 is 1.87 bits per heavy atom. The predicted molar refractivity (Wildman–Crippen MR) is 127 cm³/mol. The number of halogens is 1. The van der Waals surface area contributed by atoms with E-state index in [4.69, 9.17) is 19.2 Å². The lowest BCUT2D eigenvalue weighted by atomic mass is 9.74. The van der Waals surface area contributed by atoms with Gasteiger partial charge in [0.05, 0.1) is 12.6 Å².